The van der Waals surface area contributed by atoms with Gasteiger partial charge in [-0.3, -0.25) is 13.6 Å². The highest BCUT2D eigenvalue weighted by molar-refractivity contribution is 7.48. The van der Waals surface area contributed by atoms with Crippen LogP contribution < -0.4 is 0 Å². The molecule has 0 rings (SSSR count). The maximum absolute atomic E-state index is 11.8. The fourth-order valence-electron chi connectivity index (χ4n) is 0.637. The Kier molecular flexibility index (Phi) is 10.3. The summed E-state index contributed by atoms with van der Waals surface area (Å²) in [6.07, 6.45) is 0. The quantitative estimate of drug-likeness (QED) is 0.349. The predicted molar refractivity (Wildman–Crippen MR) is 58.8 cm³/mol. The van der Waals surface area contributed by atoms with Crippen molar-refractivity contribution in [1.82, 2.24) is 0 Å². The molecule has 0 N–H and O–H groups in total. The minimum atomic E-state index is -3.53. The number of ether oxygens (including phenoxy) is 1. The average molecular weight is 281 g/mol. The maximum atomic E-state index is 11.8. The number of alkyl halides is 2. The summed E-state index contributed by atoms with van der Waals surface area (Å²) in [7, 11) is -2.02. The van der Waals surface area contributed by atoms with Gasteiger partial charge in [-0.05, 0) is 0 Å². The predicted octanol–water partition coefficient (Wildman–Crippen LogP) is 2.27. The fourth-order valence-corrected chi connectivity index (χ4v) is 2.16. The summed E-state index contributed by atoms with van der Waals surface area (Å²) in [6.45, 7) is 0.610. The number of hydrogen-bond donors (Lipinski definition) is 0. The summed E-state index contributed by atoms with van der Waals surface area (Å²) in [5, 5.41) is 0. The Morgan fingerprint density at radius 1 is 0.933 bits per heavy atom. The molecule has 92 valence electrons. The van der Waals surface area contributed by atoms with E-state index < -0.39 is 7.82 Å². The highest BCUT2D eigenvalue weighted by Crippen LogP contribution is 2.49. The third kappa shape index (κ3) is 8.46. The van der Waals surface area contributed by atoms with E-state index in [1.807, 2.05) is 0 Å². The van der Waals surface area contributed by atoms with Crippen LogP contribution in [0.2, 0.25) is 0 Å². The smallest absolute Gasteiger partial charge is 0.382 e. The van der Waals surface area contributed by atoms with Crippen LogP contribution in [0.1, 0.15) is 0 Å². The number of halogens is 2. The Bertz CT molecular complexity index is 180. The van der Waals surface area contributed by atoms with Gasteiger partial charge in [0.25, 0.3) is 0 Å². The van der Waals surface area contributed by atoms with Gasteiger partial charge in [0.2, 0.25) is 0 Å². The van der Waals surface area contributed by atoms with Crippen LogP contribution in [0.15, 0.2) is 0 Å². The molecule has 0 atom stereocenters. The molecular formula is C7H15Cl2O5P. The number of phosphoric acid groups is 1. The first-order valence-corrected chi connectivity index (χ1v) is 6.86. The first-order chi connectivity index (χ1) is 7.18. The van der Waals surface area contributed by atoms with Gasteiger partial charge >= 0.3 is 7.82 Å². The van der Waals surface area contributed by atoms with E-state index in [1.54, 1.807) is 0 Å². The molecule has 0 amide bonds. The van der Waals surface area contributed by atoms with E-state index in [4.69, 9.17) is 41.5 Å². The summed E-state index contributed by atoms with van der Waals surface area (Å²) in [6, 6.07) is 0. The summed E-state index contributed by atoms with van der Waals surface area (Å²) in [5.74, 6) is 0.420. The van der Waals surface area contributed by atoms with Gasteiger partial charge in [-0.25, -0.2) is 4.57 Å². The van der Waals surface area contributed by atoms with Crippen molar-refractivity contribution in [2.24, 2.45) is 0 Å². The van der Waals surface area contributed by atoms with Gasteiger partial charge in [-0.1, -0.05) is 0 Å². The molecule has 0 aliphatic rings. The third-order valence-electron chi connectivity index (χ3n) is 1.19. The van der Waals surface area contributed by atoms with Gasteiger partial charge in [0.1, 0.15) is 0 Å². The molecule has 0 aromatic rings. The van der Waals surface area contributed by atoms with Crippen LogP contribution in [-0.4, -0.2) is 45.3 Å². The number of rotatable bonds is 10. The second kappa shape index (κ2) is 9.85. The van der Waals surface area contributed by atoms with Gasteiger partial charge in [-0.15, -0.1) is 23.2 Å². The van der Waals surface area contributed by atoms with Gasteiger partial charge < -0.3 is 4.74 Å². The first-order valence-electron chi connectivity index (χ1n) is 4.33. The molecule has 5 nitrogen and oxygen atoms in total. The Hall–Kier alpha value is 0.650. The number of phosphoric ester groups is 1. The molecule has 0 heterocycles. The van der Waals surface area contributed by atoms with Gasteiger partial charge in [0, 0.05) is 18.9 Å². The topological polar surface area (TPSA) is 54.0 Å². The Morgan fingerprint density at radius 2 is 1.40 bits per heavy atom. The molecule has 8 heteroatoms. The standard InChI is InChI=1S/C7H15Cl2O5P/c1-11-6-7-14-15(10,12-4-2-8)13-5-3-9/h2-7H2,1H3. The zero-order valence-corrected chi connectivity index (χ0v) is 10.9. The summed E-state index contributed by atoms with van der Waals surface area (Å²) < 4.78 is 31.2. The van der Waals surface area contributed by atoms with Crippen molar-refractivity contribution in [1.29, 1.82) is 0 Å². The van der Waals surface area contributed by atoms with Crippen molar-refractivity contribution < 1.29 is 22.9 Å². The zero-order chi connectivity index (χ0) is 11.6. The van der Waals surface area contributed by atoms with Crippen LogP contribution in [0.3, 0.4) is 0 Å². The minimum Gasteiger partial charge on any atom is -0.382 e. The molecular weight excluding hydrogens is 266 g/mol. The van der Waals surface area contributed by atoms with Crippen LogP contribution >= 0.6 is 31.0 Å². The minimum absolute atomic E-state index is 0.0914. The van der Waals surface area contributed by atoms with E-state index >= 15 is 0 Å². The molecule has 0 aliphatic carbocycles. The average Bonchev–Trinajstić information content (AvgIpc) is 2.24. The molecule has 0 aromatic heterocycles. The van der Waals surface area contributed by atoms with Crippen LogP contribution in [0.4, 0.5) is 0 Å². The van der Waals surface area contributed by atoms with Gasteiger partial charge in [-0.2, -0.15) is 0 Å². The molecule has 0 radical (unpaired) electrons. The van der Waals surface area contributed by atoms with Gasteiger partial charge in [0.05, 0.1) is 26.4 Å². The fraction of sp³-hybridized carbons (Fsp3) is 1.00. The molecule has 15 heavy (non-hydrogen) atoms. The number of methoxy groups -OCH3 is 1. The van der Waals surface area contributed by atoms with E-state index in [0.29, 0.717) is 6.61 Å². The van der Waals surface area contributed by atoms with Crippen LogP contribution in [0, 0.1) is 0 Å². The Balaban J connectivity index is 3.96. The van der Waals surface area contributed by atoms with Gasteiger partial charge in [0.15, 0.2) is 0 Å². The van der Waals surface area contributed by atoms with Crippen molar-refractivity contribution in [2.45, 2.75) is 0 Å². The summed E-state index contributed by atoms with van der Waals surface area (Å²) >= 11 is 10.8. The van der Waals surface area contributed by atoms with E-state index in [-0.39, 0.29) is 31.6 Å². The number of hydrogen-bond acceptors (Lipinski definition) is 5. The highest BCUT2D eigenvalue weighted by atomic mass is 35.5. The Morgan fingerprint density at radius 3 is 1.80 bits per heavy atom. The van der Waals surface area contributed by atoms with Crippen molar-refractivity contribution in [3.05, 3.63) is 0 Å². The van der Waals surface area contributed by atoms with E-state index in [2.05, 4.69) is 0 Å². The van der Waals surface area contributed by atoms with Crippen LogP contribution in [0.5, 0.6) is 0 Å². The van der Waals surface area contributed by atoms with Crippen LogP contribution in [0.25, 0.3) is 0 Å². The van der Waals surface area contributed by atoms with E-state index in [0.717, 1.165) is 0 Å². The largest absolute Gasteiger partial charge is 0.474 e. The SMILES string of the molecule is COCCOP(=O)(OCCCl)OCCCl. The summed E-state index contributed by atoms with van der Waals surface area (Å²) in [5.41, 5.74) is 0. The van der Waals surface area contributed by atoms with Crippen molar-refractivity contribution in [3.63, 3.8) is 0 Å². The lowest BCUT2D eigenvalue weighted by Gasteiger charge is -2.16. The van der Waals surface area contributed by atoms with Crippen molar-refractivity contribution in [3.8, 4) is 0 Å². The van der Waals surface area contributed by atoms with Crippen molar-refractivity contribution in [2.75, 3.05) is 45.3 Å². The van der Waals surface area contributed by atoms with Crippen molar-refractivity contribution >= 4 is 31.0 Å². The molecule has 0 bridgehead atoms. The molecule has 0 aliphatic heterocycles. The molecule has 0 aromatic carbocycles. The highest BCUT2D eigenvalue weighted by Gasteiger charge is 2.25. The summed E-state index contributed by atoms with van der Waals surface area (Å²) in [4.78, 5) is 0. The zero-order valence-electron chi connectivity index (χ0n) is 8.49. The first kappa shape index (κ1) is 15.7. The second-order valence-electron chi connectivity index (χ2n) is 2.32. The molecule has 0 spiro atoms. The normalized spacial score (nSPS) is 11.9. The lowest BCUT2D eigenvalue weighted by Crippen LogP contribution is -2.07. The maximum Gasteiger partial charge on any atom is 0.474 e. The molecule has 0 fully saturated rings. The Labute approximate surface area is 99.5 Å². The van der Waals surface area contributed by atoms with Crippen LogP contribution in [-0.2, 0) is 22.9 Å². The molecule has 0 saturated heterocycles. The molecule has 0 unspecified atom stereocenters. The van der Waals surface area contributed by atoms with E-state index in [1.165, 1.54) is 7.11 Å². The lowest BCUT2D eigenvalue weighted by molar-refractivity contribution is 0.0886. The third-order valence-corrected chi connectivity index (χ3v) is 2.99. The molecule has 0 saturated carbocycles. The van der Waals surface area contributed by atoms with E-state index in [9.17, 15) is 4.57 Å². The second-order valence-corrected chi connectivity index (χ2v) is 4.74. The lowest BCUT2D eigenvalue weighted by atomic mass is 10.8. The monoisotopic (exact) mass is 280 g/mol.